The number of piperidine rings is 1. The van der Waals surface area contributed by atoms with Crippen molar-refractivity contribution in [3.63, 3.8) is 0 Å². The van der Waals surface area contributed by atoms with E-state index in [-0.39, 0.29) is 42.8 Å². The van der Waals surface area contributed by atoms with Gasteiger partial charge in [-0.05, 0) is 68.6 Å². The van der Waals surface area contributed by atoms with Gasteiger partial charge < -0.3 is 20.4 Å². The van der Waals surface area contributed by atoms with Crippen LogP contribution in [0.1, 0.15) is 61.9 Å². The molecular weight excluding hydrogens is 627 g/mol. The number of hydrogen-bond donors (Lipinski definition) is 3. The van der Waals surface area contributed by atoms with E-state index in [4.69, 9.17) is 9.81 Å². The van der Waals surface area contributed by atoms with Crippen LogP contribution in [0.3, 0.4) is 0 Å². The van der Waals surface area contributed by atoms with Crippen molar-refractivity contribution in [3.05, 3.63) is 47.3 Å². The second-order valence-corrected chi connectivity index (χ2v) is 13.1. The molecule has 2 amide bonds. The summed E-state index contributed by atoms with van der Waals surface area (Å²) >= 11 is 0. The van der Waals surface area contributed by atoms with Gasteiger partial charge in [0.1, 0.15) is 17.7 Å². The monoisotopic (exact) mass is 665 g/mol. The molecule has 0 aliphatic carbocycles. The topological polar surface area (TPSA) is 169 Å². The van der Waals surface area contributed by atoms with Gasteiger partial charge in [-0.25, -0.2) is 9.97 Å². The van der Waals surface area contributed by atoms with Gasteiger partial charge in [-0.1, -0.05) is 12.1 Å². The zero-order valence-electron chi connectivity index (χ0n) is 25.3. The number of nitrogens with zero attached hydrogens (tertiary/aromatic N) is 5. The molecule has 1 aromatic carbocycles. The Morgan fingerprint density at radius 1 is 1.00 bits per heavy atom. The van der Waals surface area contributed by atoms with Crippen LogP contribution in [0.15, 0.2) is 30.3 Å². The maximum Gasteiger partial charge on any atom is 0.451 e. The van der Waals surface area contributed by atoms with Gasteiger partial charge in [0.2, 0.25) is 17.6 Å². The van der Waals surface area contributed by atoms with E-state index in [1.54, 1.807) is 21.9 Å². The fourth-order valence-corrected chi connectivity index (χ4v) is 6.07. The maximum absolute atomic E-state index is 13.8. The van der Waals surface area contributed by atoms with Crippen molar-refractivity contribution in [2.45, 2.75) is 63.6 Å². The molecule has 4 rings (SSSR count). The van der Waals surface area contributed by atoms with Crippen LogP contribution in [-0.2, 0) is 32.3 Å². The minimum absolute atomic E-state index is 0.0561. The number of alkyl halides is 3. The fraction of sp³-hybridized carbons (Fsp3) is 0.567. The van der Waals surface area contributed by atoms with Crippen LogP contribution in [0.5, 0.6) is 0 Å². The second kappa shape index (κ2) is 15.5. The van der Waals surface area contributed by atoms with Crippen LogP contribution in [0.25, 0.3) is 0 Å². The lowest BCUT2D eigenvalue weighted by atomic mass is 9.91. The number of nitrogens with one attached hydrogen (secondary N) is 2. The van der Waals surface area contributed by atoms with E-state index in [1.807, 2.05) is 12.1 Å². The number of rotatable bonds is 14. The Bertz CT molecular complexity index is 1510. The summed E-state index contributed by atoms with van der Waals surface area (Å²) in [5, 5.41) is 14.4. The van der Waals surface area contributed by atoms with Gasteiger partial charge in [-0.3, -0.25) is 14.1 Å². The van der Waals surface area contributed by atoms with Gasteiger partial charge in [0.05, 0.1) is 17.4 Å². The number of hydrogen-bond acceptors (Lipinski definition) is 9. The standard InChI is InChI=1S/C30H38F3N7O5S/c31-30(32,33)29-37-25(39-15-10-21(11-16-39)3-1-4-27(41)35-13-2-18-46(43,44)45)19-26(38-29)40-17-12-24(40)28(42)36-14-9-22-5-7-23(20-34)8-6-22/h5-8,19,21,24H,1-4,9-18H2,(H,35,41)(H,36,42)(H,43,44,45)/t24-/m0/s1. The number of anilines is 2. The highest BCUT2D eigenvalue weighted by atomic mass is 32.2. The van der Waals surface area contributed by atoms with Gasteiger partial charge in [0.15, 0.2) is 0 Å². The van der Waals surface area contributed by atoms with E-state index in [9.17, 15) is 31.2 Å². The molecule has 2 fully saturated rings. The first-order valence-electron chi connectivity index (χ1n) is 15.3. The summed E-state index contributed by atoms with van der Waals surface area (Å²) in [5.74, 6) is -1.66. The molecule has 0 radical (unpaired) electrons. The van der Waals surface area contributed by atoms with Crippen LogP contribution >= 0.6 is 0 Å². The summed E-state index contributed by atoms with van der Waals surface area (Å²) in [4.78, 5) is 35.9. The Hall–Kier alpha value is -3.97. The van der Waals surface area contributed by atoms with Crippen LogP contribution < -0.4 is 20.4 Å². The Kier molecular flexibility index (Phi) is 11.8. The van der Waals surface area contributed by atoms with Crippen LogP contribution in [0.2, 0.25) is 0 Å². The molecule has 2 saturated heterocycles. The fourth-order valence-electron chi connectivity index (χ4n) is 5.56. The number of carbonyl (C=O) groups is 2. The summed E-state index contributed by atoms with van der Waals surface area (Å²) in [6, 6.07) is 9.94. The highest BCUT2D eigenvalue weighted by Crippen LogP contribution is 2.34. The SMILES string of the molecule is N#Cc1ccc(CCNC(=O)[C@@H]2CCN2c2cc(N3CCC(CCCC(=O)NCCCS(=O)(=O)O)CC3)nc(C(F)(F)F)n2)cc1. The average Bonchev–Trinajstić information content (AvgIpc) is 2.98. The van der Waals surface area contributed by atoms with Crippen molar-refractivity contribution in [2.24, 2.45) is 5.92 Å². The van der Waals surface area contributed by atoms with E-state index in [0.717, 1.165) is 12.0 Å². The summed E-state index contributed by atoms with van der Waals surface area (Å²) in [6.07, 6.45) is -0.524. The van der Waals surface area contributed by atoms with Gasteiger partial charge in [0, 0.05) is 45.2 Å². The summed E-state index contributed by atoms with van der Waals surface area (Å²) in [7, 11) is -4.06. The Morgan fingerprint density at radius 3 is 2.30 bits per heavy atom. The van der Waals surface area contributed by atoms with Crippen molar-refractivity contribution in [2.75, 3.05) is 48.3 Å². The predicted molar refractivity (Wildman–Crippen MR) is 163 cm³/mol. The van der Waals surface area contributed by atoms with Gasteiger partial charge in [0.25, 0.3) is 10.1 Å². The molecule has 2 aliphatic heterocycles. The normalized spacial score (nSPS) is 17.2. The number of halogens is 3. The van der Waals surface area contributed by atoms with Crippen LogP contribution in [-0.4, -0.2) is 79.3 Å². The summed E-state index contributed by atoms with van der Waals surface area (Å²) in [5.41, 5.74) is 1.49. The maximum atomic E-state index is 13.8. The van der Waals surface area contributed by atoms with Crippen LogP contribution in [0.4, 0.5) is 24.8 Å². The largest absolute Gasteiger partial charge is 0.451 e. The molecule has 2 aliphatic rings. The third-order valence-electron chi connectivity index (χ3n) is 8.22. The number of nitriles is 1. The van der Waals surface area contributed by atoms with Crippen molar-refractivity contribution < 1.29 is 35.7 Å². The van der Waals surface area contributed by atoms with Gasteiger partial charge in [-0.15, -0.1) is 0 Å². The highest BCUT2D eigenvalue weighted by molar-refractivity contribution is 7.85. The van der Waals surface area contributed by atoms with Gasteiger partial charge >= 0.3 is 6.18 Å². The zero-order chi connectivity index (χ0) is 33.3. The molecule has 0 unspecified atom stereocenters. The second-order valence-electron chi connectivity index (χ2n) is 11.6. The first kappa shape index (κ1) is 34.9. The lowest BCUT2D eigenvalue weighted by Crippen LogP contribution is -2.57. The average molecular weight is 666 g/mol. The van der Waals surface area contributed by atoms with Crippen molar-refractivity contribution in [3.8, 4) is 6.07 Å². The molecule has 3 N–H and O–H groups in total. The van der Waals surface area contributed by atoms with E-state index >= 15 is 0 Å². The summed E-state index contributed by atoms with van der Waals surface area (Å²) < 4.78 is 71.7. The van der Waals surface area contributed by atoms with E-state index < -0.39 is 33.9 Å². The number of benzene rings is 1. The lowest BCUT2D eigenvalue weighted by molar-refractivity contribution is -0.144. The molecule has 12 nitrogen and oxygen atoms in total. The van der Waals surface area contributed by atoms with Gasteiger partial charge in [-0.2, -0.15) is 26.9 Å². The molecule has 250 valence electrons. The molecule has 46 heavy (non-hydrogen) atoms. The van der Waals surface area contributed by atoms with Crippen molar-refractivity contribution in [1.82, 2.24) is 20.6 Å². The third-order valence-corrected chi connectivity index (χ3v) is 9.03. The van der Waals surface area contributed by atoms with E-state index in [2.05, 4.69) is 26.7 Å². The first-order chi connectivity index (χ1) is 21.8. The molecule has 1 atom stereocenters. The quantitative estimate of drug-likeness (QED) is 0.201. The van der Waals surface area contributed by atoms with Crippen molar-refractivity contribution in [1.29, 1.82) is 5.26 Å². The number of amides is 2. The molecule has 2 aromatic rings. The van der Waals surface area contributed by atoms with E-state index in [0.29, 0.717) is 69.8 Å². The molecule has 16 heteroatoms. The molecule has 1 aromatic heterocycles. The third kappa shape index (κ3) is 10.3. The predicted octanol–water partition coefficient (Wildman–Crippen LogP) is 3.09. The lowest BCUT2D eigenvalue weighted by Gasteiger charge is -2.41. The Morgan fingerprint density at radius 2 is 1.70 bits per heavy atom. The smallest absolute Gasteiger partial charge is 0.356 e. The Balaban J connectivity index is 1.28. The molecule has 0 spiro atoms. The first-order valence-corrected chi connectivity index (χ1v) is 16.9. The zero-order valence-corrected chi connectivity index (χ0v) is 26.1. The van der Waals surface area contributed by atoms with E-state index in [1.165, 1.54) is 6.07 Å². The molecule has 3 heterocycles. The number of carbonyl (C=O) groups excluding carboxylic acids is 2. The summed E-state index contributed by atoms with van der Waals surface area (Å²) in [6.45, 7) is 1.85. The number of aromatic nitrogens is 2. The Labute approximate surface area is 266 Å². The minimum atomic E-state index is -4.76. The molecular formula is C30H38F3N7O5S. The van der Waals surface area contributed by atoms with Crippen molar-refractivity contribution >= 4 is 33.6 Å². The minimum Gasteiger partial charge on any atom is -0.356 e. The molecule has 0 saturated carbocycles. The highest BCUT2D eigenvalue weighted by Gasteiger charge is 2.40. The molecule has 0 bridgehead atoms. The van der Waals surface area contributed by atoms with Crippen LogP contribution in [0, 0.1) is 17.2 Å².